The van der Waals surface area contributed by atoms with E-state index >= 15 is 0 Å². The number of amides is 4. The van der Waals surface area contributed by atoms with Crippen molar-refractivity contribution in [1.82, 2.24) is 20.8 Å². The minimum atomic E-state index is -1.22. The molecule has 8 heteroatoms. The van der Waals surface area contributed by atoms with Crippen LogP contribution in [0, 0.1) is 6.92 Å². The number of urea groups is 1. The number of imide groups is 1. The molecule has 1 atom stereocenters. The molecule has 0 saturated carbocycles. The van der Waals surface area contributed by atoms with Gasteiger partial charge >= 0.3 is 6.03 Å². The number of nitrogens with one attached hydrogen (secondary N) is 4. The van der Waals surface area contributed by atoms with E-state index in [9.17, 15) is 14.4 Å². The summed E-state index contributed by atoms with van der Waals surface area (Å²) in [7, 11) is 0. The third-order valence-electron chi connectivity index (χ3n) is 5.00. The first-order valence-electron chi connectivity index (χ1n) is 9.04. The van der Waals surface area contributed by atoms with Crippen LogP contribution in [0.15, 0.2) is 54.6 Å². The molecule has 0 radical (unpaired) electrons. The lowest BCUT2D eigenvalue weighted by Crippen LogP contribution is -2.40. The van der Waals surface area contributed by atoms with Crippen molar-refractivity contribution < 1.29 is 14.4 Å². The van der Waals surface area contributed by atoms with Gasteiger partial charge in [0, 0.05) is 17.2 Å². The topological polar surface area (TPSA) is 116 Å². The van der Waals surface area contributed by atoms with Crippen LogP contribution in [-0.4, -0.2) is 28.0 Å². The SMILES string of the molecule is Cc1ccccc1-c1cc(NC(=O)c2cccc(C3(C)NC(=O)NC3=O)c2)n[nH]1. The largest absolute Gasteiger partial charge is 0.322 e. The minimum Gasteiger partial charge on any atom is -0.320 e. The quantitative estimate of drug-likeness (QED) is 0.513. The first-order valence-corrected chi connectivity index (χ1v) is 9.04. The summed E-state index contributed by atoms with van der Waals surface area (Å²) in [5.41, 5.74) is 2.52. The maximum Gasteiger partial charge on any atom is 0.322 e. The van der Waals surface area contributed by atoms with Crippen LogP contribution >= 0.6 is 0 Å². The summed E-state index contributed by atoms with van der Waals surface area (Å²) in [5.74, 6) is -0.449. The maximum atomic E-state index is 12.7. The van der Waals surface area contributed by atoms with Gasteiger partial charge in [0.25, 0.3) is 11.8 Å². The van der Waals surface area contributed by atoms with Gasteiger partial charge in [-0.1, -0.05) is 36.4 Å². The zero-order chi connectivity index (χ0) is 20.6. The Hall–Kier alpha value is -3.94. The molecule has 2 aromatic carbocycles. The third-order valence-corrected chi connectivity index (χ3v) is 5.00. The monoisotopic (exact) mass is 389 g/mol. The van der Waals surface area contributed by atoms with Crippen LogP contribution in [-0.2, 0) is 10.3 Å². The molecule has 0 bridgehead atoms. The number of aryl methyl sites for hydroxylation is 1. The van der Waals surface area contributed by atoms with E-state index in [-0.39, 0.29) is 5.91 Å². The van der Waals surface area contributed by atoms with Crippen LogP contribution in [0.4, 0.5) is 10.6 Å². The molecule has 1 unspecified atom stereocenters. The number of aromatic nitrogens is 2. The highest BCUT2D eigenvalue weighted by Gasteiger charge is 2.43. The number of hydrogen-bond acceptors (Lipinski definition) is 4. The van der Waals surface area contributed by atoms with Gasteiger partial charge in [-0.15, -0.1) is 0 Å². The lowest BCUT2D eigenvalue weighted by Gasteiger charge is -2.21. The van der Waals surface area contributed by atoms with Crippen molar-refractivity contribution in [2.45, 2.75) is 19.4 Å². The van der Waals surface area contributed by atoms with Gasteiger partial charge in [0.1, 0.15) is 5.54 Å². The number of carbonyl (C=O) groups excluding carboxylic acids is 3. The number of H-pyrrole nitrogens is 1. The molecule has 146 valence electrons. The molecule has 4 rings (SSSR count). The van der Waals surface area contributed by atoms with E-state index in [1.54, 1.807) is 37.3 Å². The molecular weight excluding hydrogens is 370 g/mol. The van der Waals surface area contributed by atoms with Crippen molar-refractivity contribution >= 4 is 23.7 Å². The fraction of sp³-hybridized carbons (Fsp3) is 0.143. The normalized spacial score (nSPS) is 18.3. The summed E-state index contributed by atoms with van der Waals surface area (Å²) >= 11 is 0. The Morgan fingerprint density at radius 2 is 1.86 bits per heavy atom. The molecule has 4 N–H and O–H groups in total. The Morgan fingerprint density at radius 3 is 2.59 bits per heavy atom. The molecule has 8 nitrogen and oxygen atoms in total. The molecule has 29 heavy (non-hydrogen) atoms. The molecule has 4 amide bonds. The standard InChI is InChI=1S/C21H19N5O3/c1-12-6-3-4-9-15(12)16-11-17(26-25-16)22-18(27)13-7-5-8-14(10-13)21(2)19(28)23-20(29)24-21/h3-11H,1-2H3,(H2,22,25,26,27)(H2,23,24,28,29). The Bertz CT molecular complexity index is 1140. The highest BCUT2D eigenvalue weighted by molar-refractivity contribution is 6.08. The molecular formula is C21H19N5O3. The van der Waals surface area contributed by atoms with E-state index in [1.807, 2.05) is 31.2 Å². The average molecular weight is 389 g/mol. The van der Waals surface area contributed by atoms with Crippen molar-refractivity contribution in [3.8, 4) is 11.3 Å². The number of carbonyl (C=O) groups is 3. The fourth-order valence-electron chi connectivity index (χ4n) is 3.31. The molecule has 1 aliphatic rings. The van der Waals surface area contributed by atoms with Crippen LogP contribution in [0.5, 0.6) is 0 Å². The van der Waals surface area contributed by atoms with E-state index in [0.29, 0.717) is 16.9 Å². The van der Waals surface area contributed by atoms with Gasteiger partial charge in [0.2, 0.25) is 0 Å². The van der Waals surface area contributed by atoms with Crippen molar-refractivity contribution in [2.75, 3.05) is 5.32 Å². The van der Waals surface area contributed by atoms with Gasteiger partial charge in [-0.2, -0.15) is 5.10 Å². The number of aromatic amines is 1. The smallest absolute Gasteiger partial charge is 0.320 e. The molecule has 1 aromatic heterocycles. The lowest BCUT2D eigenvalue weighted by atomic mass is 9.91. The summed E-state index contributed by atoms with van der Waals surface area (Å²) in [4.78, 5) is 36.3. The second-order valence-corrected chi connectivity index (χ2v) is 7.05. The highest BCUT2D eigenvalue weighted by atomic mass is 16.2. The predicted molar refractivity (Wildman–Crippen MR) is 107 cm³/mol. The van der Waals surface area contributed by atoms with Crippen LogP contribution in [0.3, 0.4) is 0 Å². The Kier molecular flexibility index (Phi) is 4.38. The zero-order valence-corrected chi connectivity index (χ0v) is 15.9. The zero-order valence-electron chi connectivity index (χ0n) is 15.9. The summed E-state index contributed by atoms with van der Waals surface area (Å²) in [6.07, 6.45) is 0. The van der Waals surface area contributed by atoms with E-state index in [1.165, 1.54) is 0 Å². The van der Waals surface area contributed by atoms with Crippen LogP contribution in [0.25, 0.3) is 11.3 Å². The molecule has 0 spiro atoms. The van der Waals surface area contributed by atoms with E-state index < -0.39 is 17.5 Å². The lowest BCUT2D eigenvalue weighted by molar-refractivity contribution is -0.123. The first-order chi connectivity index (χ1) is 13.9. The van der Waals surface area contributed by atoms with Crippen LogP contribution in [0.1, 0.15) is 28.4 Å². The van der Waals surface area contributed by atoms with Gasteiger partial charge in [-0.25, -0.2) is 4.79 Å². The Morgan fingerprint density at radius 1 is 1.07 bits per heavy atom. The summed E-state index contributed by atoms with van der Waals surface area (Å²) < 4.78 is 0. The Balaban J connectivity index is 1.55. The van der Waals surface area contributed by atoms with E-state index in [2.05, 4.69) is 26.1 Å². The first kappa shape index (κ1) is 18.4. The van der Waals surface area contributed by atoms with Crippen LogP contribution < -0.4 is 16.0 Å². The van der Waals surface area contributed by atoms with E-state index in [4.69, 9.17) is 0 Å². The van der Waals surface area contributed by atoms with Gasteiger partial charge in [-0.3, -0.25) is 20.0 Å². The molecule has 0 aliphatic carbocycles. The van der Waals surface area contributed by atoms with Gasteiger partial charge < -0.3 is 10.6 Å². The van der Waals surface area contributed by atoms with Crippen molar-refractivity contribution in [1.29, 1.82) is 0 Å². The summed E-state index contributed by atoms with van der Waals surface area (Å²) in [6.45, 7) is 3.59. The third kappa shape index (κ3) is 3.36. The summed E-state index contributed by atoms with van der Waals surface area (Å²) in [6, 6.07) is 15.6. The van der Waals surface area contributed by atoms with Crippen molar-refractivity contribution in [2.24, 2.45) is 0 Å². The number of benzene rings is 2. The highest BCUT2D eigenvalue weighted by Crippen LogP contribution is 2.26. The fourth-order valence-corrected chi connectivity index (χ4v) is 3.31. The minimum absolute atomic E-state index is 0.345. The van der Waals surface area contributed by atoms with E-state index in [0.717, 1.165) is 16.8 Å². The molecule has 1 saturated heterocycles. The van der Waals surface area contributed by atoms with Gasteiger partial charge in [0.15, 0.2) is 5.82 Å². The average Bonchev–Trinajstić information content (AvgIpc) is 3.26. The Labute approximate surface area is 166 Å². The van der Waals surface area contributed by atoms with Crippen molar-refractivity contribution in [3.63, 3.8) is 0 Å². The molecule has 3 aromatic rings. The van der Waals surface area contributed by atoms with Gasteiger partial charge in [0.05, 0.1) is 5.69 Å². The predicted octanol–water partition coefficient (Wildman–Crippen LogP) is 2.69. The summed E-state index contributed by atoms with van der Waals surface area (Å²) in [5, 5.41) is 14.6. The number of rotatable bonds is 4. The van der Waals surface area contributed by atoms with Crippen molar-refractivity contribution in [3.05, 3.63) is 71.3 Å². The number of nitrogens with zero attached hydrogens (tertiary/aromatic N) is 1. The number of anilines is 1. The van der Waals surface area contributed by atoms with Gasteiger partial charge in [-0.05, 0) is 37.1 Å². The molecule has 1 fully saturated rings. The second kappa shape index (κ2) is 6.90. The molecule has 2 heterocycles. The molecule has 1 aliphatic heterocycles. The number of hydrogen-bond donors (Lipinski definition) is 4. The maximum absolute atomic E-state index is 12.7. The van der Waals surface area contributed by atoms with Crippen LogP contribution in [0.2, 0.25) is 0 Å². The second-order valence-electron chi connectivity index (χ2n) is 7.05.